The average Bonchev–Trinajstić information content (AvgIpc) is 3.59. The number of aryl methyl sites for hydroxylation is 3. The minimum Gasteiger partial charge on any atom is -0.496 e. The maximum Gasteiger partial charge on any atom is 0.332 e. The predicted octanol–water partition coefficient (Wildman–Crippen LogP) is 2.54. The highest BCUT2D eigenvalue weighted by molar-refractivity contribution is 7.21. The van der Waals surface area contributed by atoms with Crippen LogP contribution in [0.4, 0.5) is 4.39 Å². The first kappa shape index (κ1) is 30.4. The minimum absolute atomic E-state index is 0.138. The molecule has 0 aliphatic carbocycles. The number of carbonyl (C=O) groups excluding carboxylic acids is 1. The lowest BCUT2D eigenvalue weighted by atomic mass is 10.1. The van der Waals surface area contributed by atoms with Crippen LogP contribution >= 0.6 is 11.3 Å². The zero-order valence-corrected chi connectivity index (χ0v) is 23.8. The Kier molecular flexibility index (Phi) is 10.5. The van der Waals surface area contributed by atoms with Gasteiger partial charge in [-0.05, 0) is 50.5 Å². The third-order valence-corrected chi connectivity index (χ3v) is 7.52. The Bertz CT molecular complexity index is 1590. The molecule has 11 nitrogen and oxygen atoms in total. The van der Waals surface area contributed by atoms with Crippen LogP contribution in [0.3, 0.4) is 0 Å². The standard InChI is InChI=1S/C23H25FN6O4S.C4H8O/c1-5-27(3)18(31)13-29-20(32)19-14(2)21(30-25-9-10-26-30)35-22(19)28(23(29)33)11-8-15-12-16(24)6-7-17(15)34-4;1-2-3-4-5/h6-7,9-10,12H,5,8,11,13H2,1-4H3;2,5H,1,3-4H2. The van der Waals surface area contributed by atoms with Gasteiger partial charge in [0.05, 0.1) is 24.9 Å². The van der Waals surface area contributed by atoms with Gasteiger partial charge in [0.1, 0.15) is 27.9 Å². The number of benzene rings is 1. The lowest BCUT2D eigenvalue weighted by molar-refractivity contribution is -0.130. The lowest BCUT2D eigenvalue weighted by Crippen LogP contribution is -2.44. The predicted molar refractivity (Wildman–Crippen MR) is 152 cm³/mol. The zero-order valence-electron chi connectivity index (χ0n) is 23.0. The summed E-state index contributed by atoms with van der Waals surface area (Å²) in [5.41, 5.74) is 0.0224. The smallest absolute Gasteiger partial charge is 0.332 e. The normalized spacial score (nSPS) is 10.8. The maximum atomic E-state index is 13.9. The topological polar surface area (TPSA) is 124 Å². The van der Waals surface area contributed by atoms with Gasteiger partial charge in [-0.2, -0.15) is 10.2 Å². The maximum absolute atomic E-state index is 13.9. The van der Waals surface area contributed by atoms with Gasteiger partial charge in [0, 0.05) is 32.3 Å². The van der Waals surface area contributed by atoms with Crippen molar-refractivity contribution in [1.82, 2.24) is 29.0 Å². The van der Waals surface area contributed by atoms with Gasteiger partial charge in [0.15, 0.2) is 0 Å². The quantitative estimate of drug-likeness (QED) is 0.290. The SMILES string of the molecule is C=CCCO.CCN(C)C(=O)Cn1c(=O)c2c(C)c(-n3nccn3)sc2n(CCc2cc(F)ccc2OC)c1=O. The van der Waals surface area contributed by atoms with Crippen molar-refractivity contribution in [1.29, 1.82) is 0 Å². The number of carbonyl (C=O) groups is 1. The Hall–Kier alpha value is -4.10. The molecule has 0 saturated heterocycles. The number of halogens is 1. The summed E-state index contributed by atoms with van der Waals surface area (Å²) in [6.07, 6.45) is 5.69. The van der Waals surface area contributed by atoms with E-state index >= 15 is 0 Å². The van der Waals surface area contributed by atoms with E-state index in [2.05, 4.69) is 16.8 Å². The number of fused-ring (bicyclic) bond motifs is 1. The summed E-state index contributed by atoms with van der Waals surface area (Å²) in [6, 6.07) is 4.18. The summed E-state index contributed by atoms with van der Waals surface area (Å²) in [4.78, 5) is 42.8. The number of hydrogen-bond donors (Lipinski definition) is 1. The fourth-order valence-electron chi connectivity index (χ4n) is 3.93. The van der Waals surface area contributed by atoms with E-state index in [9.17, 15) is 18.8 Å². The molecule has 0 saturated carbocycles. The Morgan fingerprint density at radius 2 is 1.95 bits per heavy atom. The van der Waals surface area contributed by atoms with Gasteiger partial charge in [0.2, 0.25) is 5.91 Å². The summed E-state index contributed by atoms with van der Waals surface area (Å²) in [6.45, 7) is 7.38. The fourth-order valence-corrected chi connectivity index (χ4v) is 5.17. The number of amides is 1. The number of ether oxygens (including phenoxy) is 1. The Labute approximate surface area is 234 Å². The molecule has 1 amide bonds. The largest absolute Gasteiger partial charge is 0.496 e. The van der Waals surface area contributed by atoms with Gasteiger partial charge in [-0.1, -0.05) is 17.4 Å². The van der Waals surface area contributed by atoms with E-state index in [4.69, 9.17) is 9.84 Å². The summed E-state index contributed by atoms with van der Waals surface area (Å²) in [5, 5.41) is 17.2. The minimum atomic E-state index is -0.614. The van der Waals surface area contributed by atoms with Crippen LogP contribution in [0, 0.1) is 12.7 Å². The van der Waals surface area contributed by atoms with Crippen molar-refractivity contribution in [3.05, 3.63) is 81.0 Å². The first-order chi connectivity index (χ1) is 19.2. The Morgan fingerprint density at radius 1 is 1.25 bits per heavy atom. The molecule has 0 atom stereocenters. The number of aromatic nitrogens is 5. The Balaban J connectivity index is 0.000000810. The van der Waals surface area contributed by atoms with E-state index in [1.165, 1.54) is 63.3 Å². The second-order valence-corrected chi connectivity index (χ2v) is 9.75. The van der Waals surface area contributed by atoms with Gasteiger partial charge in [-0.3, -0.25) is 18.7 Å². The van der Waals surface area contributed by atoms with Crippen molar-refractivity contribution in [2.24, 2.45) is 0 Å². The number of thiophene rings is 1. The number of rotatable bonds is 10. The first-order valence-electron chi connectivity index (χ1n) is 12.6. The van der Waals surface area contributed by atoms with Gasteiger partial charge in [-0.25, -0.2) is 9.18 Å². The highest BCUT2D eigenvalue weighted by atomic mass is 32.1. The summed E-state index contributed by atoms with van der Waals surface area (Å²) < 4.78 is 21.6. The van der Waals surface area contributed by atoms with Crippen LogP contribution in [0.2, 0.25) is 0 Å². The highest BCUT2D eigenvalue weighted by Crippen LogP contribution is 2.30. The molecule has 0 radical (unpaired) electrons. The number of aliphatic hydroxyl groups excluding tert-OH is 1. The van der Waals surface area contributed by atoms with Gasteiger partial charge >= 0.3 is 5.69 Å². The van der Waals surface area contributed by atoms with Gasteiger partial charge in [-0.15, -0.1) is 11.4 Å². The molecular weight excluding hydrogens is 539 g/mol. The molecule has 4 aromatic rings. The molecule has 1 N–H and O–H groups in total. The monoisotopic (exact) mass is 572 g/mol. The van der Waals surface area contributed by atoms with Crippen molar-refractivity contribution >= 4 is 27.5 Å². The van der Waals surface area contributed by atoms with Crippen molar-refractivity contribution in [2.75, 3.05) is 27.3 Å². The Morgan fingerprint density at radius 3 is 2.52 bits per heavy atom. The van der Waals surface area contributed by atoms with Crippen molar-refractivity contribution < 1.29 is 19.0 Å². The molecular formula is C27H33FN6O5S. The van der Waals surface area contributed by atoms with Crippen LogP contribution < -0.4 is 16.0 Å². The zero-order chi connectivity index (χ0) is 29.4. The molecule has 0 unspecified atom stereocenters. The molecule has 4 rings (SSSR count). The van der Waals surface area contributed by atoms with Crippen molar-refractivity contribution in [2.45, 2.75) is 39.8 Å². The van der Waals surface area contributed by atoms with E-state index < -0.39 is 17.1 Å². The molecule has 3 aromatic heterocycles. The number of hydrogen-bond acceptors (Lipinski definition) is 8. The molecule has 13 heteroatoms. The third-order valence-electron chi connectivity index (χ3n) is 6.24. The average molecular weight is 573 g/mol. The third kappa shape index (κ3) is 6.54. The number of likely N-dealkylation sites (N-methyl/N-ethyl adjacent to an activating group) is 1. The van der Waals surface area contributed by atoms with Crippen LogP contribution in [0.25, 0.3) is 15.2 Å². The van der Waals surface area contributed by atoms with Crippen molar-refractivity contribution in [3.63, 3.8) is 0 Å². The summed E-state index contributed by atoms with van der Waals surface area (Å²) >= 11 is 1.21. The highest BCUT2D eigenvalue weighted by Gasteiger charge is 2.23. The van der Waals surface area contributed by atoms with Crippen LogP contribution in [0.1, 0.15) is 24.5 Å². The van der Waals surface area contributed by atoms with Gasteiger partial charge in [0.25, 0.3) is 5.56 Å². The van der Waals surface area contributed by atoms with E-state index in [1.807, 2.05) is 0 Å². The second-order valence-electron chi connectivity index (χ2n) is 8.77. The van der Waals surface area contributed by atoms with Crippen molar-refractivity contribution in [3.8, 4) is 10.8 Å². The van der Waals surface area contributed by atoms with Crippen LogP contribution in [0.5, 0.6) is 5.75 Å². The van der Waals surface area contributed by atoms with E-state index in [1.54, 1.807) is 27.0 Å². The fraction of sp³-hybridized carbons (Fsp3) is 0.370. The molecule has 40 heavy (non-hydrogen) atoms. The van der Waals surface area contributed by atoms with Crippen LogP contribution in [-0.2, 0) is 24.3 Å². The first-order valence-corrected chi connectivity index (χ1v) is 13.4. The lowest BCUT2D eigenvalue weighted by Gasteiger charge is -2.17. The van der Waals surface area contributed by atoms with E-state index in [0.717, 1.165) is 4.57 Å². The van der Waals surface area contributed by atoms with Gasteiger partial charge < -0.3 is 14.7 Å². The van der Waals surface area contributed by atoms with Crippen LogP contribution in [0.15, 0.2) is 52.8 Å². The summed E-state index contributed by atoms with van der Waals surface area (Å²) in [5.74, 6) is -0.283. The molecule has 1 aromatic carbocycles. The molecule has 0 bridgehead atoms. The van der Waals surface area contributed by atoms with Crippen LogP contribution in [-0.4, -0.2) is 67.4 Å². The summed E-state index contributed by atoms with van der Waals surface area (Å²) in [7, 11) is 3.10. The molecule has 0 aliphatic rings. The van der Waals surface area contributed by atoms with E-state index in [-0.39, 0.29) is 32.0 Å². The number of nitrogens with zero attached hydrogens (tertiary/aromatic N) is 6. The van der Waals surface area contributed by atoms with E-state index in [0.29, 0.717) is 45.1 Å². The molecule has 0 spiro atoms. The number of methoxy groups -OCH3 is 1. The second kappa shape index (κ2) is 13.8. The molecule has 0 fully saturated rings. The molecule has 214 valence electrons. The molecule has 3 heterocycles. The number of aliphatic hydroxyl groups is 1. The molecule has 0 aliphatic heterocycles.